The van der Waals surface area contributed by atoms with Crippen LogP contribution < -0.4 is 4.90 Å². The first-order valence-electron chi connectivity index (χ1n) is 7.84. The third-order valence-electron chi connectivity index (χ3n) is 4.05. The second-order valence-corrected chi connectivity index (χ2v) is 7.04. The Balaban J connectivity index is 1.64. The third-order valence-corrected chi connectivity index (χ3v) is 5.41. The molecule has 0 aliphatic carbocycles. The fourth-order valence-electron chi connectivity index (χ4n) is 2.62. The van der Waals surface area contributed by atoms with E-state index in [9.17, 15) is 9.90 Å². The lowest BCUT2D eigenvalue weighted by molar-refractivity contribution is 0.0743. The van der Waals surface area contributed by atoms with Crippen LogP contribution in [0.5, 0.6) is 5.75 Å². The van der Waals surface area contributed by atoms with Crippen LogP contribution in [0.3, 0.4) is 0 Å². The van der Waals surface area contributed by atoms with Crippen LogP contribution >= 0.6 is 11.3 Å². The number of rotatable bonds is 3. The van der Waals surface area contributed by atoms with Crippen molar-refractivity contribution in [3.63, 3.8) is 0 Å². The summed E-state index contributed by atoms with van der Waals surface area (Å²) in [5.41, 5.74) is 0.372. The third kappa shape index (κ3) is 3.32. The Kier molecular flexibility index (Phi) is 4.52. The summed E-state index contributed by atoms with van der Waals surface area (Å²) in [5.74, 6) is 0.427. The van der Waals surface area contributed by atoms with Gasteiger partial charge < -0.3 is 14.9 Å². The van der Waals surface area contributed by atoms with Gasteiger partial charge in [0.2, 0.25) is 0 Å². The second kappa shape index (κ2) is 6.58. The van der Waals surface area contributed by atoms with Gasteiger partial charge in [-0.3, -0.25) is 4.79 Å². The van der Waals surface area contributed by atoms with E-state index in [1.54, 1.807) is 40.5 Å². The average molecular weight is 331 g/mol. The molecule has 122 valence electrons. The molecular weight excluding hydrogens is 310 g/mol. The summed E-state index contributed by atoms with van der Waals surface area (Å²) in [6.07, 6.45) is 1.95. The van der Waals surface area contributed by atoms with Crippen LogP contribution in [0.4, 0.5) is 5.13 Å². The number of aromatic hydroxyl groups is 1. The lowest BCUT2D eigenvalue weighted by Crippen LogP contribution is -2.48. The molecule has 23 heavy (non-hydrogen) atoms. The Morgan fingerprint density at radius 1 is 1.22 bits per heavy atom. The van der Waals surface area contributed by atoms with Crippen molar-refractivity contribution in [1.29, 1.82) is 0 Å². The number of hydrogen-bond acceptors (Lipinski definition) is 5. The van der Waals surface area contributed by atoms with Gasteiger partial charge in [0, 0.05) is 37.3 Å². The van der Waals surface area contributed by atoms with Crippen molar-refractivity contribution < 1.29 is 9.90 Å². The summed E-state index contributed by atoms with van der Waals surface area (Å²) in [6, 6.07) is 6.71. The fourth-order valence-corrected chi connectivity index (χ4v) is 3.58. The molecule has 1 aromatic heterocycles. The molecule has 6 heteroatoms. The van der Waals surface area contributed by atoms with Gasteiger partial charge >= 0.3 is 0 Å². The summed E-state index contributed by atoms with van der Waals surface area (Å²) in [5, 5.41) is 10.9. The van der Waals surface area contributed by atoms with Gasteiger partial charge in [-0.15, -0.1) is 11.3 Å². The minimum absolute atomic E-state index is 0.0430. The minimum atomic E-state index is -0.107. The van der Waals surface area contributed by atoms with Crippen molar-refractivity contribution in [2.24, 2.45) is 0 Å². The highest BCUT2D eigenvalue weighted by atomic mass is 32.1. The number of benzene rings is 1. The number of aromatic nitrogens is 1. The topological polar surface area (TPSA) is 56.7 Å². The molecule has 1 N–H and O–H groups in total. The number of phenols is 1. The maximum atomic E-state index is 12.5. The number of hydrogen-bond donors (Lipinski definition) is 1. The highest BCUT2D eigenvalue weighted by Crippen LogP contribution is 2.29. The first-order chi connectivity index (χ1) is 11.1. The van der Waals surface area contributed by atoms with Crippen LogP contribution in [0.15, 0.2) is 30.5 Å². The molecule has 1 saturated heterocycles. The molecule has 0 unspecified atom stereocenters. The predicted octanol–water partition coefficient (Wildman–Crippen LogP) is 2.93. The van der Waals surface area contributed by atoms with Crippen molar-refractivity contribution >= 4 is 22.4 Å². The summed E-state index contributed by atoms with van der Waals surface area (Å²) in [7, 11) is 0. The van der Waals surface area contributed by atoms with Gasteiger partial charge in [-0.05, 0) is 18.1 Å². The van der Waals surface area contributed by atoms with E-state index in [0.717, 1.165) is 18.2 Å². The number of amides is 1. The number of nitrogens with zero attached hydrogens (tertiary/aromatic N) is 3. The van der Waals surface area contributed by atoms with Crippen LogP contribution in [0.2, 0.25) is 0 Å². The number of piperazine rings is 1. The highest BCUT2D eigenvalue weighted by Gasteiger charge is 2.25. The zero-order valence-corrected chi connectivity index (χ0v) is 14.2. The van der Waals surface area contributed by atoms with Gasteiger partial charge in [0.25, 0.3) is 5.91 Å². The van der Waals surface area contributed by atoms with Gasteiger partial charge in [0.1, 0.15) is 5.75 Å². The fraction of sp³-hybridized carbons (Fsp3) is 0.412. The number of anilines is 1. The smallest absolute Gasteiger partial charge is 0.257 e. The van der Waals surface area contributed by atoms with E-state index in [4.69, 9.17) is 0 Å². The van der Waals surface area contributed by atoms with E-state index in [2.05, 4.69) is 23.7 Å². The molecule has 0 spiro atoms. The van der Waals surface area contributed by atoms with E-state index in [0.29, 0.717) is 24.6 Å². The summed E-state index contributed by atoms with van der Waals surface area (Å²) in [6.45, 7) is 7.16. The number of carbonyl (C=O) groups is 1. The molecule has 2 aromatic rings. The van der Waals surface area contributed by atoms with Gasteiger partial charge in [-0.25, -0.2) is 4.98 Å². The van der Waals surface area contributed by atoms with Gasteiger partial charge in [0.15, 0.2) is 5.13 Å². The van der Waals surface area contributed by atoms with Gasteiger partial charge in [-0.1, -0.05) is 26.0 Å². The lowest BCUT2D eigenvalue weighted by atomic mass is 10.1. The standard InChI is InChI=1S/C17H21N3O2S/c1-12(2)15-11-18-17(23-15)20-9-7-19(8-10-20)16(22)13-5-3-4-6-14(13)21/h3-6,11-12,21H,7-10H2,1-2H3. The second-order valence-electron chi connectivity index (χ2n) is 6.00. The molecule has 1 aliphatic heterocycles. The highest BCUT2D eigenvalue weighted by molar-refractivity contribution is 7.15. The Labute approximate surface area is 140 Å². The van der Waals surface area contributed by atoms with Crippen molar-refractivity contribution in [1.82, 2.24) is 9.88 Å². The van der Waals surface area contributed by atoms with Crippen LogP contribution in [-0.4, -0.2) is 47.1 Å². The van der Waals surface area contributed by atoms with Crippen LogP contribution in [0, 0.1) is 0 Å². The molecule has 0 bridgehead atoms. The molecule has 0 radical (unpaired) electrons. The van der Waals surface area contributed by atoms with E-state index >= 15 is 0 Å². The van der Waals surface area contributed by atoms with Crippen molar-refractivity contribution in [2.75, 3.05) is 31.1 Å². The van der Waals surface area contributed by atoms with E-state index in [1.807, 2.05) is 6.20 Å². The van der Waals surface area contributed by atoms with E-state index in [-0.39, 0.29) is 11.7 Å². The molecule has 3 rings (SSSR count). The zero-order valence-electron chi connectivity index (χ0n) is 13.4. The van der Waals surface area contributed by atoms with Crippen molar-refractivity contribution in [3.8, 4) is 5.75 Å². The SMILES string of the molecule is CC(C)c1cnc(N2CCN(C(=O)c3ccccc3O)CC2)s1. The molecule has 1 aliphatic rings. The molecule has 1 amide bonds. The van der Waals surface area contributed by atoms with Crippen molar-refractivity contribution in [2.45, 2.75) is 19.8 Å². The molecule has 1 aromatic carbocycles. The Bertz CT molecular complexity index is 691. The quantitative estimate of drug-likeness (QED) is 0.939. The Morgan fingerprint density at radius 3 is 2.52 bits per heavy atom. The minimum Gasteiger partial charge on any atom is -0.507 e. The average Bonchev–Trinajstić information content (AvgIpc) is 3.05. The van der Waals surface area contributed by atoms with Gasteiger partial charge in [0.05, 0.1) is 5.56 Å². The van der Waals surface area contributed by atoms with Gasteiger partial charge in [-0.2, -0.15) is 0 Å². The molecular formula is C17H21N3O2S. The van der Waals surface area contributed by atoms with Crippen molar-refractivity contribution in [3.05, 3.63) is 40.9 Å². The first-order valence-corrected chi connectivity index (χ1v) is 8.66. The van der Waals surface area contributed by atoms with E-state index < -0.39 is 0 Å². The summed E-state index contributed by atoms with van der Waals surface area (Å²) < 4.78 is 0. The molecule has 5 nitrogen and oxygen atoms in total. The molecule has 0 saturated carbocycles. The number of phenolic OH excluding ortho intramolecular Hbond substituents is 1. The van der Waals surface area contributed by atoms with E-state index in [1.165, 1.54) is 4.88 Å². The maximum Gasteiger partial charge on any atom is 0.257 e. The molecule has 2 heterocycles. The maximum absolute atomic E-state index is 12.5. The first kappa shape index (κ1) is 15.8. The largest absolute Gasteiger partial charge is 0.507 e. The van der Waals surface area contributed by atoms with Crippen LogP contribution in [0.25, 0.3) is 0 Å². The monoisotopic (exact) mass is 331 g/mol. The predicted molar refractivity (Wildman–Crippen MR) is 92.4 cm³/mol. The normalized spacial score (nSPS) is 15.3. The summed E-state index contributed by atoms with van der Waals surface area (Å²) >= 11 is 1.73. The Hall–Kier alpha value is -2.08. The van der Waals surface area contributed by atoms with Crippen LogP contribution in [0.1, 0.15) is 35.0 Å². The summed E-state index contributed by atoms with van der Waals surface area (Å²) in [4.78, 5) is 22.3. The number of thiazole rings is 1. The lowest BCUT2D eigenvalue weighted by Gasteiger charge is -2.34. The van der Waals surface area contributed by atoms with Crippen LogP contribution in [-0.2, 0) is 0 Å². The molecule has 0 atom stereocenters. The molecule has 1 fully saturated rings. The number of para-hydroxylation sites is 1. The zero-order chi connectivity index (χ0) is 16.4. The number of carbonyl (C=O) groups excluding carboxylic acids is 1. The Morgan fingerprint density at radius 2 is 1.91 bits per heavy atom.